The Kier molecular flexibility index (Phi) is 4.47. The molecule has 3 rings (SSSR count). The van der Waals surface area contributed by atoms with Crippen molar-refractivity contribution in [2.75, 3.05) is 19.8 Å². The largest absolute Gasteiger partial charge is 0.492 e. The zero-order valence-corrected chi connectivity index (χ0v) is 13.7. The van der Waals surface area contributed by atoms with Crippen molar-refractivity contribution < 1.29 is 14.2 Å². The summed E-state index contributed by atoms with van der Waals surface area (Å²) >= 11 is 7.10. The van der Waals surface area contributed by atoms with Gasteiger partial charge in [0.05, 0.1) is 36.5 Å². The van der Waals surface area contributed by atoms with Crippen LogP contribution in [0.4, 0.5) is 0 Å². The van der Waals surface area contributed by atoms with E-state index in [1.165, 1.54) is 5.56 Å². The van der Waals surface area contributed by atoms with Crippen LogP contribution in [0.3, 0.4) is 0 Å². The monoisotopic (exact) mass is 390 g/mol. The summed E-state index contributed by atoms with van der Waals surface area (Å²) in [6.45, 7) is 2.52. The Morgan fingerprint density at radius 1 is 1.16 bits per heavy atom. The highest BCUT2D eigenvalue weighted by molar-refractivity contribution is 9.11. The molecule has 2 heterocycles. The van der Waals surface area contributed by atoms with Crippen molar-refractivity contribution in [3.63, 3.8) is 0 Å². The minimum atomic E-state index is 0.364. The van der Waals surface area contributed by atoms with Crippen LogP contribution in [0.15, 0.2) is 21.1 Å². The van der Waals surface area contributed by atoms with E-state index in [0.717, 1.165) is 53.8 Å². The Morgan fingerprint density at radius 3 is 2.58 bits per heavy atom. The topological polar surface area (TPSA) is 34.3 Å². The molecular formula is C14H16Br2O3. The summed E-state index contributed by atoms with van der Waals surface area (Å²) in [4.78, 5) is 0. The zero-order valence-electron chi connectivity index (χ0n) is 10.5. The van der Waals surface area contributed by atoms with E-state index in [4.69, 9.17) is 14.2 Å². The van der Waals surface area contributed by atoms with E-state index < -0.39 is 0 Å². The maximum absolute atomic E-state index is 5.95. The fourth-order valence-electron chi connectivity index (χ4n) is 2.08. The Bertz CT molecular complexity index is 456. The molecule has 0 N–H and O–H groups in total. The van der Waals surface area contributed by atoms with Crippen LogP contribution in [0.1, 0.15) is 18.4 Å². The highest BCUT2D eigenvalue weighted by Crippen LogP contribution is 2.35. The van der Waals surface area contributed by atoms with Gasteiger partial charge in [0, 0.05) is 10.9 Å². The molecular weight excluding hydrogens is 376 g/mol. The van der Waals surface area contributed by atoms with Gasteiger partial charge < -0.3 is 14.2 Å². The van der Waals surface area contributed by atoms with Gasteiger partial charge in [-0.2, -0.15) is 0 Å². The first-order chi connectivity index (χ1) is 9.22. The quantitative estimate of drug-likeness (QED) is 0.524. The normalized spacial score (nSPS) is 24.3. The number of hydrogen-bond donors (Lipinski definition) is 0. The number of ether oxygens (including phenoxy) is 3. The molecule has 5 heteroatoms. The minimum Gasteiger partial charge on any atom is -0.492 e. The molecule has 1 aromatic carbocycles. The molecule has 0 saturated carbocycles. The second-order valence-corrected chi connectivity index (χ2v) is 6.75. The molecule has 3 nitrogen and oxygen atoms in total. The predicted molar refractivity (Wildman–Crippen MR) is 79.8 cm³/mol. The van der Waals surface area contributed by atoms with Crippen molar-refractivity contribution in [3.05, 3.63) is 26.6 Å². The van der Waals surface area contributed by atoms with Gasteiger partial charge in [0.1, 0.15) is 5.75 Å². The van der Waals surface area contributed by atoms with Crippen LogP contribution >= 0.6 is 31.9 Å². The van der Waals surface area contributed by atoms with Gasteiger partial charge in [0.2, 0.25) is 0 Å². The first-order valence-corrected chi connectivity index (χ1v) is 8.15. The van der Waals surface area contributed by atoms with Crippen LogP contribution in [-0.4, -0.2) is 32.0 Å². The smallest absolute Gasteiger partial charge is 0.136 e. The van der Waals surface area contributed by atoms with E-state index in [-0.39, 0.29) is 0 Å². The summed E-state index contributed by atoms with van der Waals surface area (Å²) in [5, 5.41) is 0. The molecule has 2 atom stereocenters. The molecule has 0 aromatic heterocycles. The molecule has 2 unspecified atom stereocenters. The molecule has 2 aliphatic heterocycles. The van der Waals surface area contributed by atoms with E-state index in [0.29, 0.717) is 12.2 Å². The van der Waals surface area contributed by atoms with Crippen molar-refractivity contribution in [2.45, 2.75) is 31.5 Å². The van der Waals surface area contributed by atoms with Crippen LogP contribution < -0.4 is 4.74 Å². The van der Waals surface area contributed by atoms with Crippen LogP contribution in [0.25, 0.3) is 0 Å². The third-order valence-electron chi connectivity index (χ3n) is 3.25. The van der Waals surface area contributed by atoms with Crippen LogP contribution in [0.2, 0.25) is 0 Å². The van der Waals surface area contributed by atoms with Crippen LogP contribution in [-0.2, 0) is 15.9 Å². The summed E-state index contributed by atoms with van der Waals surface area (Å²) < 4.78 is 18.5. The Balaban J connectivity index is 1.62. The molecule has 0 amide bonds. The van der Waals surface area contributed by atoms with Gasteiger partial charge in [-0.05, 0) is 46.5 Å². The molecule has 0 aliphatic carbocycles. The highest BCUT2D eigenvalue weighted by atomic mass is 79.9. The highest BCUT2D eigenvalue weighted by Gasteiger charge is 2.25. The van der Waals surface area contributed by atoms with Gasteiger partial charge in [0.25, 0.3) is 0 Å². The van der Waals surface area contributed by atoms with Crippen molar-refractivity contribution in [2.24, 2.45) is 0 Å². The van der Waals surface area contributed by atoms with Crippen molar-refractivity contribution in [1.29, 1.82) is 0 Å². The van der Waals surface area contributed by atoms with E-state index >= 15 is 0 Å². The second-order valence-electron chi connectivity index (χ2n) is 4.98. The fourth-order valence-corrected chi connectivity index (χ4v) is 3.51. The van der Waals surface area contributed by atoms with E-state index in [2.05, 4.69) is 37.9 Å². The van der Waals surface area contributed by atoms with Crippen LogP contribution in [0.5, 0.6) is 5.75 Å². The number of hydrogen-bond acceptors (Lipinski definition) is 3. The van der Waals surface area contributed by atoms with Crippen molar-refractivity contribution in [1.82, 2.24) is 0 Å². The number of benzene rings is 1. The Hall–Kier alpha value is -0.100. The molecule has 0 bridgehead atoms. The number of halogens is 2. The minimum absolute atomic E-state index is 0.364. The maximum atomic E-state index is 5.95. The average molecular weight is 392 g/mol. The second kappa shape index (κ2) is 6.12. The van der Waals surface area contributed by atoms with E-state index in [1.807, 2.05) is 6.07 Å². The molecule has 19 heavy (non-hydrogen) atoms. The standard InChI is InChI=1S/C14H16Br2O3/c15-10-4-9(5-12-8-19-12)14(13(16)6-10)17-3-1-2-11-7-18-11/h4,6,11-12H,1-3,5,7-8H2. The third kappa shape index (κ3) is 4.18. The van der Waals surface area contributed by atoms with Crippen molar-refractivity contribution >= 4 is 31.9 Å². The van der Waals surface area contributed by atoms with Gasteiger partial charge in [-0.3, -0.25) is 0 Å². The summed E-state index contributed by atoms with van der Waals surface area (Å²) in [7, 11) is 0. The SMILES string of the molecule is Brc1cc(Br)c(OCCCC2CO2)c(CC2CO2)c1. The lowest BCUT2D eigenvalue weighted by atomic mass is 10.1. The lowest BCUT2D eigenvalue weighted by Crippen LogP contribution is -2.04. The number of rotatable bonds is 7. The molecule has 2 fully saturated rings. The fraction of sp³-hybridized carbons (Fsp3) is 0.571. The van der Waals surface area contributed by atoms with Crippen LogP contribution in [0, 0.1) is 0 Å². The third-order valence-corrected chi connectivity index (χ3v) is 4.30. The molecule has 2 saturated heterocycles. The first kappa shape index (κ1) is 13.9. The van der Waals surface area contributed by atoms with E-state index in [9.17, 15) is 0 Å². The summed E-state index contributed by atoms with van der Waals surface area (Å²) in [5.41, 5.74) is 1.20. The summed E-state index contributed by atoms with van der Waals surface area (Å²) in [5.74, 6) is 0.954. The van der Waals surface area contributed by atoms with Gasteiger partial charge in [-0.15, -0.1) is 0 Å². The molecule has 104 valence electrons. The molecule has 2 aliphatic rings. The van der Waals surface area contributed by atoms with Crippen molar-refractivity contribution in [3.8, 4) is 5.75 Å². The summed E-state index contributed by atoms with van der Waals surface area (Å²) in [6.07, 6.45) is 3.89. The lowest BCUT2D eigenvalue weighted by Gasteiger charge is -2.13. The Labute approximate surface area is 129 Å². The molecule has 0 radical (unpaired) electrons. The van der Waals surface area contributed by atoms with Gasteiger partial charge in [0.15, 0.2) is 0 Å². The molecule has 1 aromatic rings. The predicted octanol–water partition coefficient (Wildman–Crippen LogP) is 3.71. The van der Waals surface area contributed by atoms with Gasteiger partial charge in [-0.1, -0.05) is 15.9 Å². The first-order valence-electron chi connectivity index (χ1n) is 6.56. The Morgan fingerprint density at radius 2 is 1.89 bits per heavy atom. The summed E-state index contributed by atoms with van der Waals surface area (Å²) in [6, 6.07) is 4.14. The molecule has 0 spiro atoms. The van der Waals surface area contributed by atoms with Gasteiger partial charge >= 0.3 is 0 Å². The maximum Gasteiger partial charge on any atom is 0.136 e. The zero-order chi connectivity index (χ0) is 13.2. The lowest BCUT2D eigenvalue weighted by molar-refractivity contribution is 0.288. The van der Waals surface area contributed by atoms with E-state index in [1.54, 1.807) is 0 Å². The number of epoxide rings is 2. The van der Waals surface area contributed by atoms with Gasteiger partial charge in [-0.25, -0.2) is 0 Å². The average Bonchev–Trinajstić information content (AvgIpc) is 3.21.